The van der Waals surface area contributed by atoms with Gasteiger partial charge in [-0.25, -0.2) is 4.39 Å². The summed E-state index contributed by atoms with van der Waals surface area (Å²) in [6.45, 7) is 3.05. The molecule has 0 bridgehead atoms. The predicted octanol–water partition coefficient (Wildman–Crippen LogP) is 6.03. The van der Waals surface area contributed by atoms with Gasteiger partial charge in [0.2, 0.25) is 0 Å². The first-order chi connectivity index (χ1) is 9.24. The third-order valence-corrected chi connectivity index (χ3v) is 3.51. The molecule has 1 N–H and O–H groups in total. The van der Waals surface area contributed by atoms with Crippen LogP contribution in [0.3, 0.4) is 0 Å². The molecule has 0 saturated carbocycles. The molecule has 3 heteroatoms. The topological polar surface area (TPSA) is 12.0 Å². The molecule has 0 atom stereocenters. The van der Waals surface area contributed by atoms with Gasteiger partial charge in [0.1, 0.15) is 5.82 Å². The van der Waals surface area contributed by atoms with Gasteiger partial charge < -0.3 is 5.32 Å². The molecule has 0 fully saturated rings. The predicted molar refractivity (Wildman–Crippen MR) is 82.5 cm³/mol. The van der Waals surface area contributed by atoms with Gasteiger partial charge in [0.25, 0.3) is 0 Å². The van der Waals surface area contributed by atoms with E-state index in [4.69, 9.17) is 11.6 Å². The van der Waals surface area contributed by atoms with E-state index >= 15 is 0 Å². The number of unbranched alkanes of at least 4 members (excludes halogenated alkanes) is 7. The van der Waals surface area contributed by atoms with Gasteiger partial charge >= 0.3 is 0 Å². The number of rotatable bonds is 10. The van der Waals surface area contributed by atoms with Crippen LogP contribution in [0, 0.1) is 5.82 Å². The first-order valence-electron chi connectivity index (χ1n) is 7.43. The molecule has 0 heterocycles. The van der Waals surface area contributed by atoms with Crippen LogP contribution in [0.1, 0.15) is 58.3 Å². The Labute approximate surface area is 121 Å². The van der Waals surface area contributed by atoms with E-state index in [2.05, 4.69) is 12.2 Å². The monoisotopic (exact) mass is 285 g/mol. The Morgan fingerprint density at radius 1 is 1.00 bits per heavy atom. The largest absolute Gasteiger partial charge is 0.383 e. The summed E-state index contributed by atoms with van der Waals surface area (Å²) in [6.07, 6.45) is 10.3. The van der Waals surface area contributed by atoms with E-state index in [-0.39, 0.29) is 5.82 Å². The summed E-state index contributed by atoms with van der Waals surface area (Å²) in [5, 5.41) is 3.67. The smallest absolute Gasteiger partial charge is 0.146 e. The maximum Gasteiger partial charge on any atom is 0.146 e. The second-order valence-electron chi connectivity index (χ2n) is 5.03. The third kappa shape index (κ3) is 7.41. The van der Waals surface area contributed by atoms with E-state index in [0.29, 0.717) is 10.7 Å². The van der Waals surface area contributed by atoms with Crippen LogP contribution in [-0.4, -0.2) is 6.54 Å². The molecule has 0 aromatic heterocycles. The van der Waals surface area contributed by atoms with Crippen LogP contribution in [0.2, 0.25) is 5.02 Å². The molecule has 1 rings (SSSR count). The van der Waals surface area contributed by atoms with Crippen LogP contribution in [0.25, 0.3) is 0 Å². The van der Waals surface area contributed by atoms with E-state index in [1.807, 2.05) is 0 Å². The van der Waals surface area contributed by atoms with E-state index in [1.54, 1.807) is 12.1 Å². The molecule has 1 aromatic rings. The highest BCUT2D eigenvalue weighted by Gasteiger charge is 2.01. The lowest BCUT2D eigenvalue weighted by atomic mass is 10.1. The average Bonchev–Trinajstić information content (AvgIpc) is 2.40. The molecular weight excluding hydrogens is 261 g/mol. The fraction of sp³-hybridized carbons (Fsp3) is 0.625. The summed E-state index contributed by atoms with van der Waals surface area (Å²) in [5.74, 6) is -0.232. The zero-order valence-corrected chi connectivity index (χ0v) is 12.6. The van der Waals surface area contributed by atoms with Crippen molar-refractivity contribution in [2.24, 2.45) is 0 Å². The van der Waals surface area contributed by atoms with Crippen molar-refractivity contribution < 1.29 is 4.39 Å². The SMILES string of the molecule is CCCCCCCCCCNc1cc(Cl)ccc1F. The second-order valence-corrected chi connectivity index (χ2v) is 5.46. The molecule has 0 aliphatic rings. The van der Waals surface area contributed by atoms with Gasteiger partial charge in [-0.15, -0.1) is 0 Å². The van der Waals surface area contributed by atoms with E-state index in [0.717, 1.165) is 13.0 Å². The highest BCUT2D eigenvalue weighted by atomic mass is 35.5. The number of hydrogen-bond acceptors (Lipinski definition) is 1. The van der Waals surface area contributed by atoms with Gasteiger partial charge in [0.15, 0.2) is 0 Å². The van der Waals surface area contributed by atoms with Crippen LogP contribution in [0.15, 0.2) is 18.2 Å². The Morgan fingerprint density at radius 2 is 1.63 bits per heavy atom. The lowest BCUT2D eigenvalue weighted by molar-refractivity contribution is 0.580. The number of anilines is 1. The van der Waals surface area contributed by atoms with Gasteiger partial charge in [-0.2, -0.15) is 0 Å². The number of nitrogens with one attached hydrogen (secondary N) is 1. The minimum Gasteiger partial charge on any atom is -0.383 e. The van der Waals surface area contributed by atoms with Crippen LogP contribution in [-0.2, 0) is 0 Å². The lowest BCUT2D eigenvalue weighted by Gasteiger charge is -2.07. The maximum atomic E-state index is 13.4. The lowest BCUT2D eigenvalue weighted by Crippen LogP contribution is -2.03. The van der Waals surface area contributed by atoms with Gasteiger partial charge in [-0.1, -0.05) is 63.5 Å². The number of halogens is 2. The van der Waals surface area contributed by atoms with Crippen molar-refractivity contribution in [2.75, 3.05) is 11.9 Å². The van der Waals surface area contributed by atoms with Crippen molar-refractivity contribution in [3.05, 3.63) is 29.0 Å². The van der Waals surface area contributed by atoms with Crippen LogP contribution < -0.4 is 5.32 Å². The Bertz CT molecular complexity index is 355. The van der Waals surface area contributed by atoms with Crippen molar-refractivity contribution in [3.8, 4) is 0 Å². The molecule has 0 aliphatic carbocycles. The molecule has 0 radical (unpaired) electrons. The minimum absolute atomic E-state index is 0.232. The summed E-state index contributed by atoms with van der Waals surface area (Å²) >= 11 is 5.83. The van der Waals surface area contributed by atoms with Gasteiger partial charge in [-0.3, -0.25) is 0 Å². The molecule has 0 aliphatic heterocycles. The summed E-state index contributed by atoms with van der Waals surface area (Å²) in [6, 6.07) is 4.61. The summed E-state index contributed by atoms with van der Waals surface area (Å²) in [7, 11) is 0. The number of hydrogen-bond donors (Lipinski definition) is 1. The van der Waals surface area contributed by atoms with Gasteiger partial charge in [0, 0.05) is 11.6 Å². The van der Waals surface area contributed by atoms with Gasteiger partial charge in [-0.05, 0) is 24.6 Å². The second kappa shape index (κ2) is 10.1. The Balaban J connectivity index is 2.03. The quantitative estimate of drug-likeness (QED) is 0.517. The molecule has 0 saturated heterocycles. The fourth-order valence-electron chi connectivity index (χ4n) is 2.11. The molecule has 108 valence electrons. The summed E-state index contributed by atoms with van der Waals surface area (Å²) in [5.41, 5.74) is 0.510. The zero-order chi connectivity index (χ0) is 13.9. The molecule has 1 aromatic carbocycles. The van der Waals surface area contributed by atoms with Gasteiger partial charge in [0.05, 0.1) is 5.69 Å². The zero-order valence-electron chi connectivity index (χ0n) is 11.9. The summed E-state index contributed by atoms with van der Waals surface area (Å²) < 4.78 is 13.4. The molecule has 0 spiro atoms. The average molecular weight is 286 g/mol. The molecule has 0 amide bonds. The van der Waals surface area contributed by atoms with Crippen LogP contribution >= 0.6 is 11.6 Å². The Kier molecular flexibility index (Phi) is 8.64. The normalized spacial score (nSPS) is 10.7. The maximum absolute atomic E-state index is 13.4. The molecule has 0 unspecified atom stereocenters. The van der Waals surface area contributed by atoms with Crippen LogP contribution in [0.5, 0.6) is 0 Å². The van der Waals surface area contributed by atoms with Crippen molar-refractivity contribution in [3.63, 3.8) is 0 Å². The minimum atomic E-state index is -0.232. The standard InChI is InChI=1S/C16H25ClFN/c1-2-3-4-5-6-7-8-9-12-19-16-13-14(17)10-11-15(16)18/h10-11,13,19H,2-9,12H2,1H3. The summed E-state index contributed by atoms with van der Waals surface area (Å²) in [4.78, 5) is 0. The molecule has 19 heavy (non-hydrogen) atoms. The first kappa shape index (κ1) is 16.3. The van der Waals surface area contributed by atoms with E-state index in [1.165, 1.54) is 51.0 Å². The van der Waals surface area contributed by atoms with Crippen molar-refractivity contribution >= 4 is 17.3 Å². The van der Waals surface area contributed by atoms with Crippen molar-refractivity contribution in [2.45, 2.75) is 58.3 Å². The van der Waals surface area contributed by atoms with E-state index < -0.39 is 0 Å². The van der Waals surface area contributed by atoms with Crippen molar-refractivity contribution in [1.29, 1.82) is 0 Å². The van der Waals surface area contributed by atoms with E-state index in [9.17, 15) is 4.39 Å². The molecular formula is C16H25ClFN. The first-order valence-corrected chi connectivity index (χ1v) is 7.80. The fourth-order valence-corrected chi connectivity index (χ4v) is 2.29. The third-order valence-electron chi connectivity index (χ3n) is 3.27. The van der Waals surface area contributed by atoms with Crippen molar-refractivity contribution in [1.82, 2.24) is 0 Å². The van der Waals surface area contributed by atoms with Crippen LogP contribution in [0.4, 0.5) is 10.1 Å². The number of benzene rings is 1. The Hall–Kier alpha value is -0.760. The Morgan fingerprint density at radius 3 is 2.32 bits per heavy atom. The highest BCUT2D eigenvalue weighted by Crippen LogP contribution is 2.19. The molecule has 1 nitrogen and oxygen atoms in total. The highest BCUT2D eigenvalue weighted by molar-refractivity contribution is 6.30.